The van der Waals surface area contributed by atoms with E-state index in [1.807, 2.05) is 0 Å². The van der Waals surface area contributed by atoms with Crippen molar-refractivity contribution in [3.8, 4) is 0 Å². The molecule has 0 radical (unpaired) electrons. The predicted molar refractivity (Wildman–Crippen MR) is 58.2 cm³/mol. The van der Waals surface area contributed by atoms with Gasteiger partial charge in [-0.05, 0) is 30.2 Å². The van der Waals surface area contributed by atoms with Gasteiger partial charge in [0.2, 0.25) is 0 Å². The van der Waals surface area contributed by atoms with E-state index in [0.717, 1.165) is 5.56 Å². The van der Waals surface area contributed by atoms with Gasteiger partial charge in [-0.2, -0.15) is 0 Å². The minimum absolute atomic E-state index is 0.173. The number of aryl methyl sites for hydroxylation is 1. The van der Waals surface area contributed by atoms with Crippen LogP contribution in [-0.2, 0) is 22.4 Å². The number of benzene rings is 1. The first kappa shape index (κ1) is 12.8. The molecule has 0 heterocycles. The van der Waals surface area contributed by atoms with E-state index in [0.29, 0.717) is 5.56 Å². The number of esters is 1. The lowest BCUT2D eigenvalue weighted by molar-refractivity contribution is 0.0570. The van der Waals surface area contributed by atoms with E-state index in [1.54, 1.807) is 19.1 Å². The van der Waals surface area contributed by atoms with Gasteiger partial charge in [-0.15, -0.1) is 0 Å². The average molecular weight is 244 g/mol. The Hall–Kier alpha value is -1.24. The monoisotopic (exact) mass is 244 g/mol. The fourth-order valence-electron chi connectivity index (χ4n) is 1.26. The van der Waals surface area contributed by atoms with Crippen molar-refractivity contribution in [1.82, 2.24) is 0 Å². The summed E-state index contributed by atoms with van der Waals surface area (Å²) >= 11 is -2.16. The Morgan fingerprint density at radius 1 is 1.44 bits per heavy atom. The average Bonchev–Trinajstić information content (AvgIpc) is 2.24. The smallest absolute Gasteiger partial charge is 0.339 e. The quantitative estimate of drug-likeness (QED) is 0.605. The van der Waals surface area contributed by atoms with Crippen molar-refractivity contribution >= 4 is 17.0 Å². The lowest BCUT2D eigenvalue weighted by atomic mass is 10.1. The summed E-state index contributed by atoms with van der Waals surface area (Å²) in [5.74, 6) is -1.23. The molecule has 0 aliphatic carbocycles. The highest BCUT2D eigenvalue weighted by atomic mass is 32.2. The van der Waals surface area contributed by atoms with Gasteiger partial charge in [-0.3, -0.25) is 0 Å². The van der Waals surface area contributed by atoms with Crippen LogP contribution in [0.1, 0.15) is 21.5 Å². The summed E-state index contributed by atoms with van der Waals surface area (Å²) in [5, 5.41) is 8.95. The lowest BCUT2D eigenvalue weighted by Gasteiger charge is -2.05. The topological polar surface area (TPSA) is 83.8 Å². The molecule has 1 unspecified atom stereocenters. The van der Waals surface area contributed by atoms with Crippen LogP contribution in [0, 0.1) is 6.92 Å². The Bertz CT molecular complexity index is 416. The maximum atomic E-state index is 11.4. The van der Waals surface area contributed by atoms with Crippen LogP contribution < -0.4 is 0 Å². The Morgan fingerprint density at radius 3 is 2.69 bits per heavy atom. The Morgan fingerprint density at radius 2 is 2.12 bits per heavy atom. The summed E-state index contributed by atoms with van der Waals surface area (Å²) in [6, 6.07) is 4.80. The Kier molecular flexibility index (Phi) is 4.60. The number of aliphatic hydroxyl groups excluding tert-OH is 1. The molecule has 16 heavy (non-hydrogen) atoms. The molecule has 0 aliphatic rings. The molecule has 0 amide bonds. The zero-order valence-electron chi connectivity index (χ0n) is 8.67. The van der Waals surface area contributed by atoms with Crippen molar-refractivity contribution < 1.29 is 23.4 Å². The number of hydrogen-bond acceptors (Lipinski definition) is 4. The zero-order chi connectivity index (χ0) is 12.1. The minimum Gasteiger partial charge on any atom is -0.446 e. The molecule has 1 aromatic rings. The number of aliphatic hydroxyl groups is 1. The standard InChI is InChI=1S/C10H12O5S/c1-7-2-8(5-11)4-9(3-7)10(12)15-6-16(13)14/h2-4,11H,5-6H2,1H3,(H,13,14). The molecule has 88 valence electrons. The van der Waals surface area contributed by atoms with E-state index in [9.17, 15) is 9.00 Å². The van der Waals surface area contributed by atoms with Crippen molar-refractivity contribution in [1.29, 1.82) is 0 Å². The third kappa shape index (κ3) is 3.73. The summed E-state index contributed by atoms with van der Waals surface area (Å²) in [4.78, 5) is 11.4. The molecule has 1 rings (SSSR count). The van der Waals surface area contributed by atoms with Gasteiger partial charge in [0.05, 0.1) is 12.2 Å². The molecule has 0 saturated heterocycles. The predicted octanol–water partition coefficient (Wildman–Crippen LogP) is 0.823. The first-order valence-corrected chi connectivity index (χ1v) is 5.76. The van der Waals surface area contributed by atoms with Gasteiger partial charge in [0.1, 0.15) is 0 Å². The second kappa shape index (κ2) is 5.74. The molecule has 5 nitrogen and oxygen atoms in total. The highest BCUT2D eigenvalue weighted by Crippen LogP contribution is 2.11. The normalized spacial score (nSPS) is 12.2. The number of carbonyl (C=O) groups is 1. The van der Waals surface area contributed by atoms with Crippen LogP contribution in [0.4, 0.5) is 0 Å². The first-order valence-electron chi connectivity index (χ1n) is 4.49. The second-order valence-electron chi connectivity index (χ2n) is 3.24. The molecule has 1 aromatic carbocycles. The van der Waals surface area contributed by atoms with Crippen molar-refractivity contribution in [3.63, 3.8) is 0 Å². The molecule has 0 aliphatic heterocycles. The van der Waals surface area contributed by atoms with Gasteiger partial charge < -0.3 is 14.4 Å². The Labute approximate surface area is 95.3 Å². The van der Waals surface area contributed by atoms with Crippen LogP contribution in [0.25, 0.3) is 0 Å². The summed E-state index contributed by atoms with van der Waals surface area (Å²) in [7, 11) is 0. The molecular formula is C10H12O5S. The van der Waals surface area contributed by atoms with Gasteiger partial charge >= 0.3 is 5.97 Å². The van der Waals surface area contributed by atoms with E-state index in [-0.39, 0.29) is 12.2 Å². The molecule has 0 spiro atoms. The fraction of sp³-hybridized carbons (Fsp3) is 0.300. The van der Waals surface area contributed by atoms with Gasteiger partial charge in [-0.25, -0.2) is 9.00 Å². The van der Waals surface area contributed by atoms with E-state index < -0.39 is 23.0 Å². The van der Waals surface area contributed by atoms with Crippen LogP contribution in [0.3, 0.4) is 0 Å². The third-order valence-electron chi connectivity index (χ3n) is 1.85. The van der Waals surface area contributed by atoms with Crippen molar-refractivity contribution in [2.45, 2.75) is 13.5 Å². The lowest BCUT2D eigenvalue weighted by Crippen LogP contribution is -2.10. The Balaban J connectivity index is 2.82. The molecular weight excluding hydrogens is 232 g/mol. The molecule has 0 aromatic heterocycles. The van der Waals surface area contributed by atoms with E-state index in [2.05, 4.69) is 4.74 Å². The van der Waals surface area contributed by atoms with E-state index >= 15 is 0 Å². The van der Waals surface area contributed by atoms with Crippen LogP contribution in [0.5, 0.6) is 0 Å². The largest absolute Gasteiger partial charge is 0.446 e. The van der Waals surface area contributed by atoms with E-state index in [4.69, 9.17) is 9.66 Å². The van der Waals surface area contributed by atoms with Gasteiger partial charge in [0, 0.05) is 0 Å². The maximum Gasteiger partial charge on any atom is 0.339 e. The highest BCUT2D eigenvalue weighted by Gasteiger charge is 2.10. The maximum absolute atomic E-state index is 11.4. The van der Waals surface area contributed by atoms with Gasteiger partial charge in [0.25, 0.3) is 0 Å². The highest BCUT2D eigenvalue weighted by molar-refractivity contribution is 7.79. The number of ether oxygens (including phenoxy) is 1. The SMILES string of the molecule is Cc1cc(CO)cc(C(=O)OCS(=O)O)c1. The first-order chi connectivity index (χ1) is 7.52. The number of rotatable bonds is 4. The third-order valence-corrected chi connectivity index (χ3v) is 2.17. The molecule has 2 N–H and O–H groups in total. The second-order valence-corrected chi connectivity index (χ2v) is 4.12. The molecule has 0 fully saturated rings. The van der Waals surface area contributed by atoms with Gasteiger partial charge in [-0.1, -0.05) is 6.07 Å². The zero-order valence-corrected chi connectivity index (χ0v) is 9.49. The summed E-state index contributed by atoms with van der Waals surface area (Å²) in [5.41, 5.74) is 1.66. The van der Waals surface area contributed by atoms with Gasteiger partial charge in [0.15, 0.2) is 17.0 Å². The molecule has 1 atom stereocenters. The van der Waals surface area contributed by atoms with Crippen molar-refractivity contribution in [2.75, 3.05) is 5.94 Å². The van der Waals surface area contributed by atoms with Crippen LogP contribution in [0.2, 0.25) is 0 Å². The molecule has 6 heteroatoms. The van der Waals surface area contributed by atoms with E-state index in [1.165, 1.54) is 6.07 Å². The van der Waals surface area contributed by atoms with Crippen molar-refractivity contribution in [2.24, 2.45) is 0 Å². The minimum atomic E-state index is -2.16. The summed E-state index contributed by atoms with van der Waals surface area (Å²) < 4.78 is 23.4. The molecule has 0 bridgehead atoms. The summed E-state index contributed by atoms with van der Waals surface area (Å²) in [6.45, 7) is 1.61. The number of hydrogen-bond donors (Lipinski definition) is 2. The number of carbonyl (C=O) groups excluding carboxylic acids is 1. The van der Waals surface area contributed by atoms with Crippen LogP contribution in [0.15, 0.2) is 18.2 Å². The fourth-order valence-corrected chi connectivity index (χ4v) is 1.47. The van der Waals surface area contributed by atoms with Crippen molar-refractivity contribution in [3.05, 3.63) is 34.9 Å². The summed E-state index contributed by atoms with van der Waals surface area (Å²) in [6.07, 6.45) is 0. The van der Waals surface area contributed by atoms with Crippen LogP contribution >= 0.6 is 0 Å². The van der Waals surface area contributed by atoms with Crippen LogP contribution in [-0.4, -0.2) is 25.8 Å². The molecule has 0 saturated carbocycles.